The maximum atomic E-state index is 3.55. The van der Waals surface area contributed by atoms with Crippen LogP contribution in [0.2, 0.25) is 25.7 Å². The summed E-state index contributed by atoms with van der Waals surface area (Å²) in [7, 11) is -1.04. The van der Waals surface area contributed by atoms with Crippen LogP contribution in [0.3, 0.4) is 0 Å². The quantitative estimate of drug-likeness (QED) is 0.575. The normalized spacial score (nSPS) is 13.0. The Bertz CT molecular complexity index is 723. The van der Waals surface area contributed by atoms with Crippen LogP contribution in [0.1, 0.15) is 18.5 Å². The molecule has 0 heterocycles. The minimum atomic E-state index is -1.04. The summed E-state index contributed by atoms with van der Waals surface area (Å²) in [5.41, 5.74) is 1.35. The highest BCUT2D eigenvalue weighted by Crippen LogP contribution is 2.23. The fourth-order valence-corrected chi connectivity index (χ4v) is 3.11. The summed E-state index contributed by atoms with van der Waals surface area (Å²) in [6, 6.07) is 16.4. The second-order valence-corrected chi connectivity index (χ2v) is 12.6. The Labute approximate surface area is 141 Å². The Morgan fingerprint density at radius 2 is 1.83 bits per heavy atom. The molecule has 2 heteroatoms. The summed E-state index contributed by atoms with van der Waals surface area (Å²) >= 11 is 0. The molecule has 0 amide bonds. The van der Waals surface area contributed by atoms with Gasteiger partial charge in [0.2, 0.25) is 0 Å². The van der Waals surface area contributed by atoms with Gasteiger partial charge in [0.25, 0.3) is 0 Å². The number of fused-ring (bicyclic) bond motifs is 1. The van der Waals surface area contributed by atoms with E-state index in [-0.39, 0.29) is 0 Å². The molecule has 2 rings (SSSR count). The van der Waals surface area contributed by atoms with E-state index in [1.165, 1.54) is 16.3 Å². The summed E-state index contributed by atoms with van der Waals surface area (Å²) in [6.07, 6.45) is 4.09. The van der Waals surface area contributed by atoms with Crippen LogP contribution in [-0.2, 0) is 0 Å². The van der Waals surface area contributed by atoms with Crippen molar-refractivity contribution >= 4 is 18.8 Å². The minimum absolute atomic E-state index is 0.320. The lowest BCUT2D eigenvalue weighted by molar-refractivity contribution is 0.621. The van der Waals surface area contributed by atoms with Crippen LogP contribution >= 0.6 is 0 Å². The molecule has 2 aromatic carbocycles. The van der Waals surface area contributed by atoms with Gasteiger partial charge in [0.1, 0.15) is 0 Å². The number of rotatable bonds is 5. The van der Waals surface area contributed by atoms with Crippen LogP contribution < -0.4 is 5.32 Å². The molecule has 0 saturated heterocycles. The highest BCUT2D eigenvalue weighted by atomic mass is 28.3. The van der Waals surface area contributed by atoms with Crippen molar-refractivity contribution in [2.24, 2.45) is 0 Å². The van der Waals surface area contributed by atoms with Crippen molar-refractivity contribution in [2.75, 3.05) is 6.54 Å². The maximum absolute atomic E-state index is 3.55. The molecule has 1 N–H and O–H groups in total. The Morgan fingerprint density at radius 3 is 2.61 bits per heavy atom. The zero-order valence-corrected chi connectivity index (χ0v) is 15.7. The molecular weight excluding hydrogens is 294 g/mol. The van der Waals surface area contributed by atoms with Crippen molar-refractivity contribution in [1.82, 2.24) is 5.32 Å². The van der Waals surface area contributed by atoms with Gasteiger partial charge in [0.05, 0.1) is 8.07 Å². The van der Waals surface area contributed by atoms with Crippen LogP contribution in [0.4, 0.5) is 0 Å². The first-order chi connectivity index (χ1) is 11.0. The molecule has 0 aliphatic rings. The van der Waals surface area contributed by atoms with Gasteiger partial charge in [-0.15, -0.1) is 5.92 Å². The molecule has 2 aromatic rings. The maximum Gasteiger partial charge on any atom is 0.0573 e. The molecule has 0 fully saturated rings. The van der Waals surface area contributed by atoms with E-state index in [0.29, 0.717) is 6.04 Å². The van der Waals surface area contributed by atoms with Gasteiger partial charge in [-0.3, -0.25) is 0 Å². The Balaban J connectivity index is 1.91. The second kappa shape index (κ2) is 8.15. The third-order valence-corrected chi connectivity index (χ3v) is 4.99. The molecule has 0 aromatic heterocycles. The van der Waals surface area contributed by atoms with E-state index in [0.717, 1.165) is 12.6 Å². The Kier molecular flexibility index (Phi) is 6.21. The van der Waals surface area contributed by atoms with E-state index in [1.54, 1.807) is 0 Å². The molecule has 0 bridgehead atoms. The van der Waals surface area contributed by atoms with Gasteiger partial charge in [-0.05, 0) is 29.3 Å². The lowest BCUT2D eigenvalue weighted by Gasteiger charge is -2.15. The molecule has 0 spiro atoms. The molecule has 0 saturated carbocycles. The lowest BCUT2D eigenvalue weighted by Crippen LogP contribution is -2.18. The topological polar surface area (TPSA) is 12.0 Å². The highest BCUT2D eigenvalue weighted by molar-refractivity contribution is 6.76. The molecule has 23 heavy (non-hydrogen) atoms. The minimum Gasteiger partial charge on any atom is -0.307 e. The van der Waals surface area contributed by atoms with Gasteiger partial charge in [0, 0.05) is 18.6 Å². The molecule has 0 aliphatic carbocycles. The predicted octanol–water partition coefficient (Wildman–Crippen LogP) is 5.39. The van der Waals surface area contributed by atoms with E-state index in [2.05, 4.69) is 92.3 Å². The van der Waals surface area contributed by atoms with Crippen molar-refractivity contribution in [3.8, 4) is 11.8 Å². The van der Waals surface area contributed by atoms with Gasteiger partial charge in [0.15, 0.2) is 0 Å². The largest absolute Gasteiger partial charge is 0.307 e. The predicted molar refractivity (Wildman–Crippen MR) is 105 cm³/mol. The van der Waals surface area contributed by atoms with E-state index in [1.807, 2.05) is 6.08 Å². The van der Waals surface area contributed by atoms with E-state index >= 15 is 0 Å². The Hall–Kier alpha value is -1.82. The summed E-state index contributed by atoms with van der Waals surface area (Å²) < 4.78 is 0. The summed E-state index contributed by atoms with van der Waals surface area (Å²) in [5, 5.41) is 6.18. The summed E-state index contributed by atoms with van der Waals surface area (Å²) in [6.45, 7) is 10.1. The molecule has 120 valence electrons. The zero-order valence-electron chi connectivity index (χ0n) is 14.7. The number of benzene rings is 2. The van der Waals surface area contributed by atoms with Crippen molar-refractivity contribution < 1.29 is 0 Å². The number of nitrogens with one attached hydrogen (secondary N) is 1. The molecule has 1 atom stereocenters. The molecule has 1 unspecified atom stereocenters. The van der Waals surface area contributed by atoms with Crippen LogP contribution in [0.5, 0.6) is 0 Å². The SMILES string of the molecule is CC(NC/C=C/C#CC[Si](C)(C)C)c1cccc2ccccc12. The summed E-state index contributed by atoms with van der Waals surface area (Å²) in [5.74, 6) is 6.42. The first-order valence-corrected chi connectivity index (χ1v) is 12.0. The highest BCUT2D eigenvalue weighted by Gasteiger charge is 2.09. The third kappa shape index (κ3) is 5.71. The number of hydrogen-bond acceptors (Lipinski definition) is 1. The van der Waals surface area contributed by atoms with Crippen molar-refractivity contribution in [3.63, 3.8) is 0 Å². The van der Waals surface area contributed by atoms with E-state index in [4.69, 9.17) is 0 Å². The number of allylic oxidation sites excluding steroid dienone is 1. The number of hydrogen-bond donors (Lipinski definition) is 1. The van der Waals surface area contributed by atoms with Crippen LogP contribution in [0.15, 0.2) is 54.6 Å². The molecule has 0 aliphatic heterocycles. The first kappa shape index (κ1) is 17.5. The summed E-state index contributed by atoms with van der Waals surface area (Å²) in [4.78, 5) is 0. The van der Waals surface area contributed by atoms with Gasteiger partial charge < -0.3 is 5.32 Å². The first-order valence-electron chi connectivity index (χ1n) is 8.32. The van der Waals surface area contributed by atoms with Gasteiger partial charge in [-0.2, -0.15) is 0 Å². The van der Waals surface area contributed by atoms with E-state index < -0.39 is 8.07 Å². The van der Waals surface area contributed by atoms with Crippen molar-refractivity contribution in [1.29, 1.82) is 0 Å². The van der Waals surface area contributed by atoms with Crippen molar-refractivity contribution in [2.45, 2.75) is 38.7 Å². The fraction of sp³-hybridized carbons (Fsp3) is 0.333. The molecular formula is C21H27NSi. The monoisotopic (exact) mass is 321 g/mol. The molecule has 0 radical (unpaired) electrons. The van der Waals surface area contributed by atoms with Crippen LogP contribution in [0, 0.1) is 11.8 Å². The van der Waals surface area contributed by atoms with Crippen LogP contribution in [0.25, 0.3) is 10.8 Å². The smallest absolute Gasteiger partial charge is 0.0573 e. The second-order valence-electron chi connectivity index (χ2n) is 7.16. The average molecular weight is 322 g/mol. The van der Waals surface area contributed by atoms with Gasteiger partial charge in [-0.1, -0.05) is 74.1 Å². The van der Waals surface area contributed by atoms with E-state index in [9.17, 15) is 0 Å². The van der Waals surface area contributed by atoms with Gasteiger partial charge in [-0.25, -0.2) is 0 Å². The standard InChI is InChI=1S/C21H27NSi/c1-18(22-16-9-5-6-10-17-23(2,3)4)20-15-11-13-19-12-7-8-14-21(19)20/h5,7-9,11-15,18,22H,16-17H2,1-4H3/b9-5+. The average Bonchev–Trinajstić information content (AvgIpc) is 2.52. The Morgan fingerprint density at radius 1 is 1.09 bits per heavy atom. The molecule has 1 nitrogen and oxygen atoms in total. The zero-order chi connectivity index (χ0) is 16.7. The van der Waals surface area contributed by atoms with Crippen LogP contribution in [-0.4, -0.2) is 14.6 Å². The van der Waals surface area contributed by atoms with Crippen molar-refractivity contribution in [3.05, 3.63) is 60.2 Å². The fourth-order valence-electron chi connectivity index (χ4n) is 2.48. The lowest BCUT2D eigenvalue weighted by atomic mass is 10.00. The third-order valence-electron chi connectivity index (χ3n) is 3.75. The van der Waals surface area contributed by atoms with Gasteiger partial charge >= 0.3 is 0 Å².